The van der Waals surface area contributed by atoms with E-state index < -0.39 is 0 Å². The van der Waals surface area contributed by atoms with Crippen LogP contribution in [0.1, 0.15) is 5.56 Å². The smallest absolute Gasteiger partial charge is 0.159 e. The minimum atomic E-state index is 0.297. The van der Waals surface area contributed by atoms with Gasteiger partial charge < -0.3 is 9.47 Å². The molecule has 0 aliphatic carbocycles. The van der Waals surface area contributed by atoms with Gasteiger partial charge in [-0.25, -0.2) is 0 Å². The molecule has 7 heteroatoms. The highest BCUT2D eigenvalue weighted by Gasteiger charge is 2.16. The topological polar surface area (TPSA) is 42.8 Å². The van der Waals surface area contributed by atoms with Crippen LogP contribution in [0.25, 0.3) is 0 Å². The van der Waals surface area contributed by atoms with Crippen molar-refractivity contribution in [2.45, 2.75) is 0 Å². The Bertz CT molecular complexity index is 688. The molecule has 2 aromatic carbocycles. The fourth-order valence-electron chi connectivity index (χ4n) is 1.79. The van der Waals surface area contributed by atoms with E-state index >= 15 is 0 Å². The largest absolute Gasteiger partial charge is 0.494 e. The van der Waals surface area contributed by atoms with Crippen molar-refractivity contribution in [3.05, 3.63) is 51.0 Å². The summed E-state index contributed by atoms with van der Waals surface area (Å²) in [5, 5.41) is 5.46. The van der Waals surface area contributed by atoms with Crippen LogP contribution in [0.4, 0.5) is 5.69 Å². The van der Waals surface area contributed by atoms with Gasteiger partial charge in [0.05, 0.1) is 31.1 Å². The van der Waals surface area contributed by atoms with Crippen LogP contribution in [0.2, 0.25) is 15.1 Å². The first-order chi connectivity index (χ1) is 10.6. The molecule has 0 heterocycles. The van der Waals surface area contributed by atoms with E-state index in [1.165, 1.54) is 14.2 Å². The Morgan fingerprint density at radius 2 is 1.64 bits per heavy atom. The third-order valence-corrected chi connectivity index (χ3v) is 3.69. The predicted octanol–water partition coefficient (Wildman–Crippen LogP) is 5.11. The van der Waals surface area contributed by atoms with E-state index in [4.69, 9.17) is 44.3 Å². The lowest BCUT2D eigenvalue weighted by Crippen LogP contribution is -1.97. The van der Waals surface area contributed by atoms with Crippen LogP contribution in [-0.2, 0) is 0 Å². The lowest BCUT2D eigenvalue weighted by molar-refractivity contribution is 0.394. The molecule has 0 aromatic heterocycles. The number of hydrogen-bond acceptors (Lipinski definition) is 4. The van der Waals surface area contributed by atoms with Gasteiger partial charge >= 0.3 is 0 Å². The van der Waals surface area contributed by atoms with Gasteiger partial charge in [0.2, 0.25) is 0 Å². The number of rotatable bonds is 5. The molecule has 4 nitrogen and oxygen atoms in total. The van der Waals surface area contributed by atoms with E-state index in [0.29, 0.717) is 32.1 Å². The molecule has 0 spiro atoms. The number of methoxy groups -OCH3 is 2. The van der Waals surface area contributed by atoms with Gasteiger partial charge in [-0.05, 0) is 30.3 Å². The summed E-state index contributed by atoms with van der Waals surface area (Å²) in [5.74, 6) is 0.799. The van der Waals surface area contributed by atoms with E-state index in [0.717, 1.165) is 5.69 Å². The lowest BCUT2D eigenvalue weighted by Gasteiger charge is -2.12. The highest BCUT2D eigenvalue weighted by Crippen LogP contribution is 2.41. The van der Waals surface area contributed by atoms with Gasteiger partial charge in [0.15, 0.2) is 5.75 Å². The first kappa shape index (κ1) is 16.7. The number of hydrazone groups is 1. The molecule has 0 saturated heterocycles. The number of nitrogens with one attached hydrogen (secondary N) is 1. The summed E-state index contributed by atoms with van der Waals surface area (Å²) in [6.45, 7) is 0. The Kier molecular flexibility index (Phi) is 5.77. The Morgan fingerprint density at radius 1 is 1.00 bits per heavy atom. The van der Waals surface area contributed by atoms with E-state index in [2.05, 4.69) is 10.5 Å². The third kappa shape index (κ3) is 3.77. The molecule has 1 N–H and O–H groups in total. The van der Waals surface area contributed by atoms with Gasteiger partial charge in [-0.1, -0.05) is 34.8 Å². The summed E-state index contributed by atoms with van der Waals surface area (Å²) in [7, 11) is 3.00. The van der Waals surface area contributed by atoms with Crippen molar-refractivity contribution in [2.24, 2.45) is 5.10 Å². The molecular weight excluding hydrogens is 347 g/mol. The molecule has 0 saturated carbocycles. The SMILES string of the molecule is COc1c(Cl)cc(/C=N/Nc2ccc(Cl)cc2)c(OC)c1Cl. The first-order valence-electron chi connectivity index (χ1n) is 6.21. The molecule has 0 aliphatic rings. The Balaban J connectivity index is 2.25. The van der Waals surface area contributed by atoms with Crippen molar-refractivity contribution in [3.8, 4) is 11.5 Å². The zero-order valence-corrected chi connectivity index (χ0v) is 14.1. The van der Waals surface area contributed by atoms with Gasteiger partial charge in [-0.2, -0.15) is 5.10 Å². The standard InChI is InChI=1S/C15H13Cl3N2O2/c1-21-14-9(7-12(17)15(22-2)13(14)18)8-19-20-11-5-3-10(16)4-6-11/h3-8,20H,1-2H3/b19-8+. The zero-order valence-electron chi connectivity index (χ0n) is 11.9. The van der Waals surface area contributed by atoms with Gasteiger partial charge in [0.25, 0.3) is 0 Å². The number of hydrogen-bond donors (Lipinski definition) is 1. The molecule has 0 unspecified atom stereocenters. The molecular formula is C15H13Cl3N2O2. The summed E-state index contributed by atoms with van der Waals surface area (Å²) in [6.07, 6.45) is 1.56. The second kappa shape index (κ2) is 7.58. The van der Waals surface area contributed by atoms with Crippen LogP contribution < -0.4 is 14.9 Å². The summed E-state index contributed by atoms with van der Waals surface area (Å²) in [6, 6.07) is 8.82. The second-order valence-corrected chi connectivity index (χ2v) is 5.43. The minimum absolute atomic E-state index is 0.297. The number of ether oxygens (including phenoxy) is 2. The predicted molar refractivity (Wildman–Crippen MR) is 92.2 cm³/mol. The minimum Gasteiger partial charge on any atom is -0.494 e. The average molecular weight is 360 g/mol. The molecule has 0 fully saturated rings. The van der Waals surface area contributed by atoms with Gasteiger partial charge in [0.1, 0.15) is 10.8 Å². The van der Waals surface area contributed by atoms with Gasteiger partial charge in [-0.15, -0.1) is 0 Å². The average Bonchev–Trinajstić information content (AvgIpc) is 2.50. The summed E-state index contributed by atoms with van der Waals surface area (Å²) in [5.41, 5.74) is 4.30. The van der Waals surface area contributed by atoms with Crippen LogP contribution in [0.3, 0.4) is 0 Å². The maximum Gasteiger partial charge on any atom is 0.159 e. The van der Waals surface area contributed by atoms with E-state index in [1.807, 2.05) is 12.1 Å². The number of benzene rings is 2. The summed E-state index contributed by atoms with van der Waals surface area (Å²) >= 11 is 18.1. The van der Waals surface area contributed by atoms with Crippen LogP contribution in [0.15, 0.2) is 35.4 Å². The third-order valence-electron chi connectivity index (χ3n) is 2.81. The molecule has 2 rings (SSSR count). The number of anilines is 1. The van der Waals surface area contributed by atoms with Gasteiger partial charge in [0, 0.05) is 10.6 Å². The van der Waals surface area contributed by atoms with E-state index in [9.17, 15) is 0 Å². The van der Waals surface area contributed by atoms with Crippen LogP contribution in [0, 0.1) is 0 Å². The second-order valence-electron chi connectivity index (χ2n) is 4.20. The highest BCUT2D eigenvalue weighted by atomic mass is 35.5. The van der Waals surface area contributed by atoms with Crippen molar-refractivity contribution in [3.63, 3.8) is 0 Å². The number of halogens is 3. The summed E-state index contributed by atoms with van der Waals surface area (Å²) < 4.78 is 10.4. The Labute approximate surface area is 143 Å². The maximum absolute atomic E-state index is 6.20. The highest BCUT2D eigenvalue weighted by molar-refractivity contribution is 6.38. The molecule has 2 aromatic rings. The van der Waals surface area contributed by atoms with Crippen molar-refractivity contribution in [1.82, 2.24) is 0 Å². The quantitative estimate of drug-likeness (QED) is 0.596. The van der Waals surface area contributed by atoms with Crippen molar-refractivity contribution < 1.29 is 9.47 Å². The monoisotopic (exact) mass is 358 g/mol. The Morgan fingerprint density at radius 3 is 2.23 bits per heavy atom. The molecule has 0 aliphatic heterocycles. The molecule has 0 radical (unpaired) electrons. The zero-order chi connectivity index (χ0) is 16.1. The molecule has 0 atom stereocenters. The Hall–Kier alpha value is -1.62. The molecule has 0 bridgehead atoms. The van der Waals surface area contributed by atoms with Crippen LogP contribution >= 0.6 is 34.8 Å². The van der Waals surface area contributed by atoms with Crippen LogP contribution in [-0.4, -0.2) is 20.4 Å². The maximum atomic E-state index is 6.20. The lowest BCUT2D eigenvalue weighted by atomic mass is 10.2. The molecule has 22 heavy (non-hydrogen) atoms. The molecule has 0 amide bonds. The van der Waals surface area contributed by atoms with Gasteiger partial charge in [-0.3, -0.25) is 5.43 Å². The van der Waals surface area contributed by atoms with Crippen LogP contribution in [0.5, 0.6) is 11.5 Å². The van der Waals surface area contributed by atoms with E-state index in [-0.39, 0.29) is 0 Å². The molecule has 116 valence electrons. The fourth-order valence-corrected chi connectivity index (χ4v) is 2.62. The first-order valence-corrected chi connectivity index (χ1v) is 7.34. The fraction of sp³-hybridized carbons (Fsp3) is 0.133. The van der Waals surface area contributed by atoms with Crippen molar-refractivity contribution >= 4 is 46.7 Å². The van der Waals surface area contributed by atoms with Crippen molar-refractivity contribution in [2.75, 3.05) is 19.6 Å². The van der Waals surface area contributed by atoms with E-state index in [1.54, 1.807) is 24.4 Å². The van der Waals surface area contributed by atoms with Crippen molar-refractivity contribution in [1.29, 1.82) is 0 Å². The summed E-state index contributed by atoms with van der Waals surface area (Å²) in [4.78, 5) is 0. The number of nitrogens with zero attached hydrogens (tertiary/aromatic N) is 1. The normalized spacial score (nSPS) is 10.8.